The second-order valence-corrected chi connectivity index (χ2v) is 4.19. The number of halogens is 1. The van der Waals surface area contributed by atoms with Crippen molar-refractivity contribution in [1.82, 2.24) is 0 Å². The normalized spacial score (nSPS) is 9.70. The maximum absolute atomic E-state index is 12.1. The van der Waals surface area contributed by atoms with Crippen molar-refractivity contribution in [2.45, 2.75) is 20.4 Å². The highest BCUT2D eigenvalue weighted by molar-refractivity contribution is 5.96. The number of carbonyl (C=O) groups is 1. The highest BCUT2D eigenvalue weighted by Crippen LogP contribution is 2.22. The summed E-state index contributed by atoms with van der Waals surface area (Å²) in [5.41, 5.74) is 2.54. The first kappa shape index (κ1) is 16.6. The molecule has 0 radical (unpaired) electrons. The van der Waals surface area contributed by atoms with Gasteiger partial charge >= 0.3 is 5.97 Å². The van der Waals surface area contributed by atoms with Gasteiger partial charge in [0.25, 0.3) is 0 Å². The van der Waals surface area contributed by atoms with Crippen LogP contribution in [0.3, 0.4) is 0 Å². The van der Waals surface area contributed by atoms with Gasteiger partial charge in [-0.2, -0.15) is 0 Å². The number of esters is 1. The molecule has 0 bridgehead atoms. The zero-order valence-electron chi connectivity index (χ0n) is 11.7. The van der Waals surface area contributed by atoms with Crippen molar-refractivity contribution in [1.29, 1.82) is 0 Å². The summed E-state index contributed by atoms with van der Waals surface area (Å²) < 4.78 is 7.11. The second-order valence-electron chi connectivity index (χ2n) is 4.19. The summed E-state index contributed by atoms with van der Waals surface area (Å²) >= 11 is 0. The Hall–Kier alpha value is -1.43. The maximum atomic E-state index is 12.1. The van der Waals surface area contributed by atoms with Crippen LogP contribution >= 0.6 is 0 Å². The molecule has 3 nitrogen and oxygen atoms in total. The molecule has 1 heterocycles. The van der Waals surface area contributed by atoms with E-state index in [-0.39, 0.29) is 29.9 Å². The smallest absolute Gasteiger partial charge is 0.344 e. The molecule has 0 atom stereocenters. The van der Waals surface area contributed by atoms with Crippen molar-refractivity contribution >= 4 is 5.97 Å². The minimum atomic E-state index is -0.274. The van der Waals surface area contributed by atoms with Gasteiger partial charge in [0.1, 0.15) is 12.1 Å². The Morgan fingerprint density at radius 1 is 1.15 bits per heavy atom. The zero-order valence-corrected chi connectivity index (χ0v) is 13.8. The van der Waals surface area contributed by atoms with Crippen LogP contribution in [0.25, 0.3) is 11.1 Å². The number of hydrogen-bond acceptors (Lipinski definition) is 2. The van der Waals surface area contributed by atoms with E-state index in [1.807, 2.05) is 67.2 Å². The Bertz CT molecular complexity index is 570. The standard InChI is InChI=1S/C16H18NO2.HI/c1-3-17-11-10-14(13-8-6-5-7-9-13)15(12-17)16(18)19-4-2;/h5-12H,3-4H2,1-2H3;1H/q+1;/p-1. The number of nitrogens with zero attached hydrogens (tertiary/aromatic N) is 1. The monoisotopic (exact) mass is 383 g/mol. The Labute approximate surface area is 136 Å². The zero-order chi connectivity index (χ0) is 13.7. The Morgan fingerprint density at radius 2 is 1.85 bits per heavy atom. The van der Waals surface area contributed by atoms with Crippen molar-refractivity contribution in [3.63, 3.8) is 0 Å². The number of aromatic nitrogens is 1. The highest BCUT2D eigenvalue weighted by Gasteiger charge is 2.18. The summed E-state index contributed by atoms with van der Waals surface area (Å²) in [7, 11) is 0. The average molecular weight is 383 g/mol. The number of hydrogen-bond donors (Lipinski definition) is 0. The van der Waals surface area contributed by atoms with E-state index >= 15 is 0 Å². The third-order valence-corrected chi connectivity index (χ3v) is 2.96. The van der Waals surface area contributed by atoms with Crippen molar-refractivity contribution in [2.24, 2.45) is 0 Å². The van der Waals surface area contributed by atoms with Gasteiger partial charge < -0.3 is 28.7 Å². The average Bonchev–Trinajstić information content (AvgIpc) is 2.47. The molecule has 0 saturated heterocycles. The van der Waals surface area contributed by atoms with Crippen LogP contribution in [0.5, 0.6) is 0 Å². The topological polar surface area (TPSA) is 30.2 Å². The maximum Gasteiger partial charge on any atom is 0.344 e. The molecule has 1 aromatic heterocycles. The largest absolute Gasteiger partial charge is 1.00 e. The van der Waals surface area contributed by atoms with E-state index in [2.05, 4.69) is 0 Å². The molecule has 0 fully saturated rings. The first-order valence-electron chi connectivity index (χ1n) is 6.52. The van der Waals surface area contributed by atoms with Crippen LogP contribution in [0.2, 0.25) is 0 Å². The summed E-state index contributed by atoms with van der Waals surface area (Å²) in [6, 6.07) is 11.8. The highest BCUT2D eigenvalue weighted by atomic mass is 127. The lowest BCUT2D eigenvalue weighted by molar-refractivity contribution is -0.693. The van der Waals surface area contributed by atoms with Gasteiger partial charge in [-0.05, 0) is 19.4 Å². The molecule has 2 rings (SSSR count). The molecule has 4 heteroatoms. The lowest BCUT2D eigenvalue weighted by Crippen LogP contribution is -3.00. The van der Waals surface area contributed by atoms with Gasteiger partial charge in [0.05, 0.1) is 6.61 Å². The van der Waals surface area contributed by atoms with Crippen LogP contribution in [0.15, 0.2) is 48.8 Å². The quantitative estimate of drug-likeness (QED) is 0.418. The first-order chi connectivity index (χ1) is 9.26. The van der Waals surface area contributed by atoms with Crippen LogP contribution in [0.1, 0.15) is 24.2 Å². The van der Waals surface area contributed by atoms with Gasteiger partial charge in [-0.1, -0.05) is 30.3 Å². The number of benzene rings is 1. The third kappa shape index (κ3) is 3.79. The Morgan fingerprint density at radius 3 is 2.45 bits per heavy atom. The minimum absolute atomic E-state index is 0. The summed E-state index contributed by atoms with van der Waals surface area (Å²) in [4.78, 5) is 12.1. The Balaban J connectivity index is 0.00000200. The molecular weight excluding hydrogens is 365 g/mol. The van der Waals surface area contributed by atoms with Gasteiger partial charge in [-0.3, -0.25) is 0 Å². The SMILES string of the molecule is CCOC(=O)c1c[n+](CC)ccc1-c1ccccc1.[I-]. The van der Waals surface area contributed by atoms with Crippen LogP contribution in [0, 0.1) is 0 Å². The summed E-state index contributed by atoms with van der Waals surface area (Å²) in [6.45, 7) is 5.06. The molecule has 0 aliphatic heterocycles. The van der Waals surface area contributed by atoms with Gasteiger partial charge in [0, 0.05) is 11.6 Å². The fourth-order valence-corrected chi connectivity index (χ4v) is 1.98. The molecule has 0 spiro atoms. The molecule has 106 valence electrons. The molecule has 1 aromatic carbocycles. The molecule has 2 aromatic rings. The molecule has 20 heavy (non-hydrogen) atoms. The van der Waals surface area contributed by atoms with Gasteiger partial charge in [0.15, 0.2) is 12.4 Å². The molecule has 0 amide bonds. The van der Waals surface area contributed by atoms with Gasteiger partial charge in [0.2, 0.25) is 0 Å². The summed E-state index contributed by atoms with van der Waals surface area (Å²) in [6.07, 6.45) is 3.82. The molecule has 0 saturated carbocycles. The van der Waals surface area contributed by atoms with E-state index in [0.717, 1.165) is 17.7 Å². The van der Waals surface area contributed by atoms with Crippen LogP contribution in [-0.4, -0.2) is 12.6 Å². The molecule has 0 unspecified atom stereocenters. The number of ether oxygens (including phenoxy) is 1. The predicted molar refractivity (Wildman–Crippen MR) is 73.7 cm³/mol. The fourth-order valence-electron chi connectivity index (χ4n) is 1.98. The van der Waals surface area contributed by atoms with E-state index in [9.17, 15) is 4.79 Å². The number of rotatable bonds is 4. The van der Waals surface area contributed by atoms with E-state index in [0.29, 0.717) is 12.2 Å². The second kappa shape index (κ2) is 7.99. The number of aryl methyl sites for hydroxylation is 1. The third-order valence-electron chi connectivity index (χ3n) is 2.96. The van der Waals surface area contributed by atoms with E-state index < -0.39 is 0 Å². The molecule has 0 aliphatic rings. The van der Waals surface area contributed by atoms with Crippen LogP contribution in [-0.2, 0) is 11.3 Å². The molecule has 0 N–H and O–H groups in total. The first-order valence-corrected chi connectivity index (χ1v) is 6.52. The number of pyridine rings is 1. The fraction of sp³-hybridized carbons (Fsp3) is 0.250. The predicted octanol–water partition coefficient (Wildman–Crippen LogP) is -0.158. The summed E-state index contributed by atoms with van der Waals surface area (Å²) in [5, 5.41) is 0. The minimum Gasteiger partial charge on any atom is -1.00 e. The van der Waals surface area contributed by atoms with Crippen LogP contribution in [0.4, 0.5) is 0 Å². The lowest BCUT2D eigenvalue weighted by atomic mass is 10.0. The van der Waals surface area contributed by atoms with Crippen molar-refractivity contribution in [2.75, 3.05) is 6.61 Å². The van der Waals surface area contributed by atoms with E-state index in [1.165, 1.54) is 0 Å². The van der Waals surface area contributed by atoms with Crippen molar-refractivity contribution in [3.05, 3.63) is 54.4 Å². The van der Waals surface area contributed by atoms with Gasteiger partial charge in [-0.25, -0.2) is 9.36 Å². The number of carbonyl (C=O) groups excluding carboxylic acids is 1. The van der Waals surface area contributed by atoms with Crippen molar-refractivity contribution < 1.29 is 38.1 Å². The van der Waals surface area contributed by atoms with Crippen LogP contribution < -0.4 is 28.5 Å². The van der Waals surface area contributed by atoms with E-state index in [4.69, 9.17) is 4.74 Å². The summed E-state index contributed by atoms with van der Waals surface area (Å²) in [5.74, 6) is -0.274. The molecular formula is C16H18INO2. The van der Waals surface area contributed by atoms with Crippen molar-refractivity contribution in [3.8, 4) is 11.1 Å². The lowest BCUT2D eigenvalue weighted by Gasteiger charge is -2.07. The Kier molecular flexibility index (Phi) is 6.64. The van der Waals surface area contributed by atoms with E-state index in [1.54, 1.807) is 0 Å². The molecule has 0 aliphatic carbocycles. The van der Waals surface area contributed by atoms with Gasteiger partial charge in [-0.15, -0.1) is 0 Å².